The van der Waals surface area contributed by atoms with Crippen LogP contribution in [0.4, 0.5) is 17.1 Å². The molecule has 1 aliphatic carbocycles. The second kappa shape index (κ2) is 8.81. The summed E-state index contributed by atoms with van der Waals surface area (Å²) in [6.45, 7) is 0. The van der Waals surface area contributed by atoms with Crippen LogP contribution in [0.15, 0.2) is 168 Å². The van der Waals surface area contributed by atoms with Gasteiger partial charge in [0.25, 0.3) is 0 Å². The Kier molecular flexibility index (Phi) is 4.74. The zero-order chi connectivity index (χ0) is 30.0. The summed E-state index contributed by atoms with van der Waals surface area (Å²) >= 11 is 1.86. The van der Waals surface area contributed by atoms with Crippen LogP contribution in [0.5, 0.6) is 0 Å². The highest BCUT2D eigenvalue weighted by Gasteiger charge is 2.51. The van der Waals surface area contributed by atoms with Crippen molar-refractivity contribution < 1.29 is 0 Å². The number of nitrogens with zero attached hydrogens (tertiary/aromatic N) is 2. The summed E-state index contributed by atoms with van der Waals surface area (Å²) in [4.78, 5) is 5.05. The van der Waals surface area contributed by atoms with Crippen molar-refractivity contribution in [2.24, 2.45) is 0 Å². The van der Waals surface area contributed by atoms with Crippen LogP contribution >= 0.6 is 11.8 Å². The summed E-state index contributed by atoms with van der Waals surface area (Å²) in [7, 11) is 0. The van der Waals surface area contributed by atoms with Crippen LogP contribution in [0, 0.1) is 0 Å². The molecule has 1 unspecified atom stereocenters. The van der Waals surface area contributed by atoms with E-state index in [9.17, 15) is 0 Å². The van der Waals surface area contributed by atoms with Crippen molar-refractivity contribution in [2.75, 3.05) is 4.90 Å². The number of rotatable bonds is 1. The Morgan fingerprint density at radius 3 is 1.80 bits per heavy atom. The van der Waals surface area contributed by atoms with Gasteiger partial charge >= 0.3 is 0 Å². The first-order chi connectivity index (χ1) is 22.9. The highest BCUT2D eigenvalue weighted by atomic mass is 32.2. The lowest BCUT2D eigenvalue weighted by Gasteiger charge is -2.40. The largest absolute Gasteiger partial charge is 0.309 e. The Bertz CT molecular complexity index is 2550. The van der Waals surface area contributed by atoms with Gasteiger partial charge in [-0.15, -0.1) is 0 Å². The van der Waals surface area contributed by atoms with Crippen molar-refractivity contribution in [1.29, 1.82) is 0 Å². The molecule has 0 amide bonds. The summed E-state index contributed by atoms with van der Waals surface area (Å²) in [6.07, 6.45) is 0. The molecule has 46 heavy (non-hydrogen) atoms. The Balaban J connectivity index is 1.31. The molecule has 214 valence electrons. The molecule has 2 nitrogen and oxygen atoms in total. The summed E-state index contributed by atoms with van der Waals surface area (Å²) < 4.78 is 2.51. The van der Waals surface area contributed by atoms with E-state index in [0.29, 0.717) is 0 Å². The standard InChI is InChI=1S/C43H26N2S/c1-3-16-30-29(14-1)41-32(18-12-24-38(41)44-36-22-7-9-25-39(36)46-40-26-10-8-23-37(40)44)43(30)31-17-4-6-21-35(31)45-34-20-5-2-13-27(34)28-15-11-19-33(43)42(28)45/h1-26H. The van der Waals surface area contributed by atoms with E-state index in [4.69, 9.17) is 0 Å². The minimum atomic E-state index is -0.466. The minimum absolute atomic E-state index is 0.466. The highest BCUT2D eigenvalue weighted by Crippen LogP contribution is 2.64. The predicted octanol–water partition coefficient (Wildman–Crippen LogP) is 11.4. The normalized spacial score (nSPS) is 16.7. The topological polar surface area (TPSA) is 8.17 Å². The van der Waals surface area contributed by atoms with Gasteiger partial charge in [-0.25, -0.2) is 0 Å². The third-order valence-electron chi connectivity index (χ3n) is 10.4. The molecule has 11 rings (SSSR count). The first-order valence-corrected chi connectivity index (χ1v) is 16.7. The fraction of sp³-hybridized carbons (Fsp3) is 0.0233. The average molecular weight is 603 g/mol. The number of para-hydroxylation sites is 5. The lowest BCUT2D eigenvalue weighted by molar-refractivity contribution is 0.748. The van der Waals surface area contributed by atoms with Gasteiger partial charge in [-0.3, -0.25) is 0 Å². The Hall–Kier alpha value is -5.51. The Labute approximate surface area is 271 Å². The van der Waals surface area contributed by atoms with Crippen LogP contribution in [-0.4, -0.2) is 4.57 Å². The molecule has 0 saturated carbocycles. The third kappa shape index (κ3) is 2.86. The second-order valence-electron chi connectivity index (χ2n) is 12.4. The van der Waals surface area contributed by atoms with Crippen molar-refractivity contribution in [2.45, 2.75) is 15.2 Å². The minimum Gasteiger partial charge on any atom is -0.309 e. The SMILES string of the molecule is c1ccc2c(c1)Sc1ccccc1N2c1cccc2c1-c1ccccc1C21c2ccccc2-n2c3ccccc3c3cccc1c32. The van der Waals surface area contributed by atoms with E-state index < -0.39 is 5.41 Å². The fourth-order valence-electron chi connectivity index (χ4n) is 8.74. The quantitative estimate of drug-likeness (QED) is 0.185. The zero-order valence-electron chi connectivity index (χ0n) is 24.8. The molecule has 7 aromatic carbocycles. The molecule has 0 saturated heterocycles. The van der Waals surface area contributed by atoms with E-state index >= 15 is 0 Å². The molecule has 8 aromatic rings. The Morgan fingerprint density at radius 1 is 0.413 bits per heavy atom. The maximum absolute atomic E-state index is 2.51. The van der Waals surface area contributed by atoms with E-state index in [1.165, 1.54) is 87.7 Å². The van der Waals surface area contributed by atoms with Gasteiger partial charge in [0.15, 0.2) is 0 Å². The smallest absolute Gasteiger partial charge is 0.0755 e. The predicted molar refractivity (Wildman–Crippen MR) is 190 cm³/mol. The van der Waals surface area contributed by atoms with Crippen LogP contribution in [0.2, 0.25) is 0 Å². The molecule has 1 aromatic heterocycles. The number of hydrogen-bond acceptors (Lipinski definition) is 2. The molecule has 0 fully saturated rings. The molecule has 0 bridgehead atoms. The molecule has 0 radical (unpaired) electrons. The van der Waals surface area contributed by atoms with Gasteiger partial charge in [-0.1, -0.05) is 127 Å². The number of aromatic nitrogens is 1. The van der Waals surface area contributed by atoms with Crippen molar-refractivity contribution in [3.8, 4) is 16.8 Å². The monoisotopic (exact) mass is 602 g/mol. The van der Waals surface area contributed by atoms with Gasteiger partial charge in [-0.2, -0.15) is 0 Å². The maximum Gasteiger partial charge on any atom is 0.0755 e. The van der Waals surface area contributed by atoms with Gasteiger partial charge in [0.1, 0.15) is 0 Å². The molecule has 1 atom stereocenters. The van der Waals surface area contributed by atoms with E-state index in [1.807, 2.05) is 11.8 Å². The van der Waals surface area contributed by atoms with Crippen LogP contribution in [0.1, 0.15) is 22.3 Å². The van der Waals surface area contributed by atoms with E-state index in [2.05, 4.69) is 167 Å². The van der Waals surface area contributed by atoms with Crippen molar-refractivity contribution >= 4 is 50.6 Å². The zero-order valence-corrected chi connectivity index (χ0v) is 25.6. The summed E-state index contributed by atoms with van der Waals surface area (Å²) in [5, 5.41) is 2.60. The lowest BCUT2D eigenvalue weighted by Crippen LogP contribution is -2.33. The Morgan fingerprint density at radius 2 is 0.978 bits per heavy atom. The van der Waals surface area contributed by atoms with E-state index in [0.717, 1.165) is 0 Å². The molecular formula is C43H26N2S. The first-order valence-electron chi connectivity index (χ1n) is 15.9. The van der Waals surface area contributed by atoms with Crippen LogP contribution in [0.3, 0.4) is 0 Å². The van der Waals surface area contributed by atoms with Gasteiger partial charge in [-0.05, 0) is 70.3 Å². The van der Waals surface area contributed by atoms with Crippen LogP contribution in [-0.2, 0) is 5.41 Å². The summed E-state index contributed by atoms with van der Waals surface area (Å²) in [5.41, 5.74) is 15.0. The van der Waals surface area contributed by atoms with Crippen LogP contribution in [0.25, 0.3) is 38.6 Å². The van der Waals surface area contributed by atoms with Gasteiger partial charge in [0.2, 0.25) is 0 Å². The van der Waals surface area contributed by atoms with Crippen molar-refractivity contribution in [3.63, 3.8) is 0 Å². The van der Waals surface area contributed by atoms with Gasteiger partial charge in [0.05, 0.1) is 39.2 Å². The molecule has 3 heteroatoms. The maximum atomic E-state index is 2.51. The van der Waals surface area contributed by atoms with E-state index in [-0.39, 0.29) is 0 Å². The molecule has 3 heterocycles. The average Bonchev–Trinajstić information content (AvgIpc) is 3.62. The summed E-state index contributed by atoms with van der Waals surface area (Å²) in [5.74, 6) is 0. The highest BCUT2D eigenvalue weighted by molar-refractivity contribution is 7.99. The second-order valence-corrected chi connectivity index (χ2v) is 13.5. The molecule has 1 spiro atoms. The van der Waals surface area contributed by atoms with E-state index in [1.54, 1.807) is 0 Å². The van der Waals surface area contributed by atoms with Crippen LogP contribution < -0.4 is 4.90 Å². The number of anilines is 3. The molecule has 2 aliphatic heterocycles. The van der Waals surface area contributed by atoms with Gasteiger partial charge < -0.3 is 9.47 Å². The number of benzene rings is 7. The fourth-order valence-corrected chi connectivity index (χ4v) is 9.80. The van der Waals surface area contributed by atoms with Crippen molar-refractivity contribution in [3.05, 3.63) is 180 Å². The molecule has 0 N–H and O–H groups in total. The molecular weight excluding hydrogens is 577 g/mol. The van der Waals surface area contributed by atoms with Gasteiger partial charge in [0, 0.05) is 26.1 Å². The summed E-state index contributed by atoms with van der Waals surface area (Å²) in [6, 6.07) is 58.7. The lowest BCUT2D eigenvalue weighted by atomic mass is 9.65. The number of fused-ring (bicyclic) bond motifs is 14. The molecule has 3 aliphatic rings. The first kappa shape index (κ1) is 24.8. The number of hydrogen-bond donors (Lipinski definition) is 0. The van der Waals surface area contributed by atoms with Crippen molar-refractivity contribution in [1.82, 2.24) is 4.57 Å². The third-order valence-corrected chi connectivity index (χ3v) is 11.5.